The van der Waals surface area contributed by atoms with Gasteiger partial charge in [0.15, 0.2) is 0 Å². The molecule has 0 aliphatic carbocycles. The molecule has 0 radical (unpaired) electrons. The first-order valence-electron chi connectivity index (χ1n) is 5.30. The Morgan fingerprint density at radius 2 is 2.17 bits per heavy atom. The van der Waals surface area contributed by atoms with Gasteiger partial charge in [0.05, 0.1) is 12.1 Å². The number of aromatic nitrogens is 1. The van der Waals surface area contributed by atoms with Crippen LogP contribution in [0.1, 0.15) is 5.69 Å². The zero-order chi connectivity index (χ0) is 13.0. The van der Waals surface area contributed by atoms with E-state index < -0.39 is 5.82 Å². The Hall–Kier alpha value is -1.75. The van der Waals surface area contributed by atoms with Gasteiger partial charge in [-0.3, -0.25) is 9.78 Å². The molecule has 0 fully saturated rings. The average molecular weight is 309 g/mol. The van der Waals surface area contributed by atoms with Crippen molar-refractivity contribution < 1.29 is 9.18 Å². The molecule has 3 nitrogen and oxygen atoms in total. The Morgan fingerprint density at radius 3 is 2.83 bits per heavy atom. The number of carbonyl (C=O) groups excluding carboxylic acids is 1. The van der Waals surface area contributed by atoms with Gasteiger partial charge in [-0.1, -0.05) is 22.0 Å². The monoisotopic (exact) mass is 308 g/mol. The number of carbonyl (C=O) groups is 1. The maximum absolute atomic E-state index is 13.5. The summed E-state index contributed by atoms with van der Waals surface area (Å²) in [6.45, 7) is 0. The lowest BCUT2D eigenvalue weighted by Crippen LogP contribution is -2.15. The summed E-state index contributed by atoms with van der Waals surface area (Å²) in [6, 6.07) is 9.80. The van der Waals surface area contributed by atoms with Crippen molar-refractivity contribution in [2.75, 3.05) is 5.32 Å². The van der Waals surface area contributed by atoms with Gasteiger partial charge in [0.2, 0.25) is 5.91 Å². The van der Waals surface area contributed by atoms with Crippen molar-refractivity contribution in [3.63, 3.8) is 0 Å². The average Bonchev–Trinajstić information content (AvgIpc) is 2.34. The number of nitrogens with one attached hydrogen (secondary N) is 1. The Bertz CT molecular complexity index is 560. The van der Waals surface area contributed by atoms with Gasteiger partial charge in [-0.25, -0.2) is 4.39 Å². The predicted octanol–water partition coefficient (Wildman–Crippen LogP) is 3.16. The molecule has 0 aliphatic heterocycles. The van der Waals surface area contributed by atoms with Crippen LogP contribution in [-0.2, 0) is 11.2 Å². The highest BCUT2D eigenvalue weighted by atomic mass is 79.9. The second-order valence-corrected chi connectivity index (χ2v) is 4.59. The third-order valence-electron chi connectivity index (χ3n) is 2.27. The second kappa shape index (κ2) is 5.73. The number of hydrogen-bond acceptors (Lipinski definition) is 2. The van der Waals surface area contributed by atoms with Gasteiger partial charge in [0, 0.05) is 16.4 Å². The smallest absolute Gasteiger partial charge is 0.230 e. The SMILES string of the molecule is O=C(Cc1ccccn1)Nc1ccc(Br)cc1F. The molecule has 1 heterocycles. The van der Waals surface area contributed by atoms with E-state index in [1.165, 1.54) is 12.1 Å². The van der Waals surface area contributed by atoms with Gasteiger partial charge in [-0.15, -0.1) is 0 Å². The van der Waals surface area contributed by atoms with E-state index in [0.29, 0.717) is 10.2 Å². The molecule has 2 aromatic rings. The van der Waals surface area contributed by atoms with Crippen LogP contribution < -0.4 is 5.32 Å². The van der Waals surface area contributed by atoms with Crippen LogP contribution in [-0.4, -0.2) is 10.9 Å². The van der Waals surface area contributed by atoms with Crippen LogP contribution in [0, 0.1) is 5.82 Å². The minimum Gasteiger partial charge on any atom is -0.323 e. The number of pyridine rings is 1. The Balaban J connectivity index is 2.03. The molecule has 18 heavy (non-hydrogen) atoms. The maximum Gasteiger partial charge on any atom is 0.230 e. The summed E-state index contributed by atoms with van der Waals surface area (Å²) in [6.07, 6.45) is 1.74. The quantitative estimate of drug-likeness (QED) is 0.946. The number of hydrogen-bond donors (Lipinski definition) is 1. The second-order valence-electron chi connectivity index (χ2n) is 3.67. The molecule has 0 bridgehead atoms. The summed E-state index contributed by atoms with van der Waals surface area (Å²) in [5, 5.41) is 2.51. The zero-order valence-corrected chi connectivity index (χ0v) is 10.9. The van der Waals surface area contributed by atoms with Gasteiger partial charge in [0.25, 0.3) is 0 Å². The third-order valence-corrected chi connectivity index (χ3v) is 2.77. The van der Waals surface area contributed by atoms with Gasteiger partial charge < -0.3 is 5.32 Å². The molecule has 1 aromatic carbocycles. The summed E-state index contributed by atoms with van der Waals surface area (Å²) in [4.78, 5) is 15.7. The van der Waals surface area contributed by atoms with Crippen LogP contribution in [0.15, 0.2) is 47.1 Å². The Morgan fingerprint density at radius 1 is 1.33 bits per heavy atom. The van der Waals surface area contributed by atoms with Crippen LogP contribution >= 0.6 is 15.9 Å². The standard InChI is InChI=1S/C13H10BrFN2O/c14-9-4-5-12(11(15)7-9)17-13(18)8-10-3-1-2-6-16-10/h1-7H,8H2,(H,17,18). The largest absolute Gasteiger partial charge is 0.323 e. The molecule has 5 heteroatoms. The van der Waals surface area contributed by atoms with Crippen molar-refractivity contribution >= 4 is 27.5 Å². The van der Waals surface area contributed by atoms with Crippen molar-refractivity contribution in [1.82, 2.24) is 4.98 Å². The first kappa shape index (κ1) is 12.7. The molecular weight excluding hydrogens is 299 g/mol. The summed E-state index contributed by atoms with van der Waals surface area (Å²) in [5.41, 5.74) is 0.812. The van der Waals surface area contributed by atoms with E-state index in [-0.39, 0.29) is 18.0 Å². The molecule has 92 valence electrons. The normalized spacial score (nSPS) is 10.1. The molecule has 0 unspecified atom stereocenters. The van der Waals surface area contributed by atoms with E-state index in [0.717, 1.165) is 0 Å². The lowest BCUT2D eigenvalue weighted by molar-refractivity contribution is -0.115. The van der Waals surface area contributed by atoms with E-state index >= 15 is 0 Å². The highest BCUT2D eigenvalue weighted by molar-refractivity contribution is 9.10. The van der Waals surface area contributed by atoms with E-state index in [2.05, 4.69) is 26.2 Å². The van der Waals surface area contributed by atoms with E-state index in [4.69, 9.17) is 0 Å². The van der Waals surface area contributed by atoms with Crippen LogP contribution in [0.25, 0.3) is 0 Å². The number of amides is 1. The van der Waals surface area contributed by atoms with Crippen LogP contribution in [0.3, 0.4) is 0 Å². The Labute approximate surface area is 112 Å². The number of halogens is 2. The number of anilines is 1. The van der Waals surface area contributed by atoms with Gasteiger partial charge in [0.1, 0.15) is 5.82 Å². The zero-order valence-electron chi connectivity index (χ0n) is 9.36. The fourth-order valence-electron chi connectivity index (χ4n) is 1.45. The first-order chi connectivity index (χ1) is 8.65. The number of rotatable bonds is 3. The van der Waals surface area contributed by atoms with Gasteiger partial charge >= 0.3 is 0 Å². The number of benzene rings is 1. The molecular formula is C13H10BrFN2O. The van der Waals surface area contributed by atoms with Crippen LogP contribution in [0.2, 0.25) is 0 Å². The Kier molecular flexibility index (Phi) is 4.04. The molecule has 1 amide bonds. The topological polar surface area (TPSA) is 42.0 Å². The van der Waals surface area contributed by atoms with Crippen LogP contribution in [0.4, 0.5) is 10.1 Å². The van der Waals surface area contributed by atoms with Crippen molar-refractivity contribution in [2.45, 2.75) is 6.42 Å². The summed E-state index contributed by atoms with van der Waals surface area (Å²) in [5.74, 6) is -0.770. The maximum atomic E-state index is 13.5. The van der Waals surface area contributed by atoms with Crippen molar-refractivity contribution in [3.8, 4) is 0 Å². The molecule has 0 aliphatic rings. The van der Waals surface area contributed by atoms with Crippen molar-refractivity contribution in [2.24, 2.45) is 0 Å². The minimum absolute atomic E-state index is 0.121. The molecule has 2 rings (SSSR count). The fraction of sp³-hybridized carbons (Fsp3) is 0.0769. The third kappa shape index (κ3) is 3.37. The summed E-state index contributed by atoms with van der Waals surface area (Å²) >= 11 is 3.15. The minimum atomic E-state index is -0.473. The van der Waals surface area contributed by atoms with E-state index in [9.17, 15) is 9.18 Å². The first-order valence-corrected chi connectivity index (χ1v) is 6.09. The van der Waals surface area contributed by atoms with E-state index in [1.54, 1.807) is 30.5 Å². The highest BCUT2D eigenvalue weighted by Gasteiger charge is 2.08. The highest BCUT2D eigenvalue weighted by Crippen LogP contribution is 2.19. The van der Waals surface area contributed by atoms with E-state index in [1.807, 2.05) is 0 Å². The van der Waals surface area contributed by atoms with Gasteiger partial charge in [-0.2, -0.15) is 0 Å². The lowest BCUT2D eigenvalue weighted by atomic mass is 10.2. The lowest BCUT2D eigenvalue weighted by Gasteiger charge is -2.06. The molecule has 1 aromatic heterocycles. The van der Waals surface area contributed by atoms with Gasteiger partial charge in [-0.05, 0) is 30.3 Å². The molecule has 0 saturated carbocycles. The summed E-state index contributed by atoms with van der Waals surface area (Å²) in [7, 11) is 0. The molecule has 0 spiro atoms. The fourth-order valence-corrected chi connectivity index (χ4v) is 1.79. The molecule has 0 saturated heterocycles. The van der Waals surface area contributed by atoms with Crippen molar-refractivity contribution in [3.05, 3.63) is 58.6 Å². The van der Waals surface area contributed by atoms with Crippen LogP contribution in [0.5, 0.6) is 0 Å². The predicted molar refractivity (Wildman–Crippen MR) is 70.7 cm³/mol. The summed E-state index contributed by atoms with van der Waals surface area (Å²) < 4.78 is 14.1. The molecule has 1 N–H and O–H groups in total. The van der Waals surface area contributed by atoms with Crippen molar-refractivity contribution in [1.29, 1.82) is 0 Å². The molecule has 0 atom stereocenters. The number of nitrogens with zero attached hydrogens (tertiary/aromatic N) is 1.